The number of ether oxygens (including phenoxy) is 1. The molecule has 1 aromatic heterocycles. The third-order valence-corrected chi connectivity index (χ3v) is 2.85. The SMILES string of the molecule is O=C(COC(=O)c1ccco1)Nc1ccc(Cl)cc1C(F)(F)F. The summed E-state index contributed by atoms with van der Waals surface area (Å²) in [5, 5.41) is 1.89. The van der Waals surface area contributed by atoms with Crippen molar-refractivity contribution in [3.8, 4) is 0 Å². The minimum absolute atomic E-state index is 0.125. The molecule has 1 N–H and O–H groups in total. The Hall–Kier alpha value is -2.48. The second-order valence-corrected chi connectivity index (χ2v) is 4.73. The molecule has 0 aliphatic carbocycles. The van der Waals surface area contributed by atoms with Crippen LogP contribution in [0.1, 0.15) is 16.1 Å². The van der Waals surface area contributed by atoms with Gasteiger partial charge in [0.05, 0.1) is 17.5 Å². The number of hydrogen-bond donors (Lipinski definition) is 1. The standard InChI is InChI=1S/C14H9ClF3NO4/c15-8-3-4-10(9(6-8)14(16,17)18)19-12(20)7-23-13(21)11-2-1-5-22-11/h1-6H,7H2,(H,19,20). The van der Waals surface area contributed by atoms with Crippen LogP contribution in [0, 0.1) is 0 Å². The summed E-state index contributed by atoms with van der Waals surface area (Å²) >= 11 is 5.53. The molecule has 5 nitrogen and oxygen atoms in total. The van der Waals surface area contributed by atoms with Crippen molar-refractivity contribution >= 4 is 29.2 Å². The first kappa shape index (κ1) is 16.9. The van der Waals surface area contributed by atoms with E-state index < -0.39 is 35.9 Å². The van der Waals surface area contributed by atoms with E-state index in [-0.39, 0.29) is 10.8 Å². The van der Waals surface area contributed by atoms with Gasteiger partial charge >= 0.3 is 12.1 Å². The Morgan fingerprint density at radius 1 is 1.26 bits per heavy atom. The van der Waals surface area contributed by atoms with Gasteiger partial charge in [0.15, 0.2) is 6.61 Å². The summed E-state index contributed by atoms with van der Waals surface area (Å²) < 4.78 is 48.0. The van der Waals surface area contributed by atoms with Crippen molar-refractivity contribution in [3.63, 3.8) is 0 Å². The number of rotatable bonds is 4. The van der Waals surface area contributed by atoms with Gasteiger partial charge < -0.3 is 14.5 Å². The first-order chi connectivity index (χ1) is 10.8. The van der Waals surface area contributed by atoms with Crippen LogP contribution < -0.4 is 5.32 Å². The number of nitrogens with one attached hydrogen (secondary N) is 1. The van der Waals surface area contributed by atoms with Crippen LogP contribution in [-0.4, -0.2) is 18.5 Å². The Kier molecular flexibility index (Phi) is 4.95. The zero-order valence-corrected chi connectivity index (χ0v) is 12.1. The molecule has 0 saturated heterocycles. The summed E-state index contributed by atoms with van der Waals surface area (Å²) in [6.45, 7) is -0.764. The predicted molar refractivity (Wildman–Crippen MR) is 74.1 cm³/mol. The van der Waals surface area contributed by atoms with E-state index in [0.717, 1.165) is 6.07 Å². The van der Waals surface area contributed by atoms with E-state index in [4.69, 9.17) is 16.0 Å². The van der Waals surface area contributed by atoms with E-state index in [1.807, 2.05) is 5.32 Å². The quantitative estimate of drug-likeness (QED) is 0.855. The highest BCUT2D eigenvalue weighted by Crippen LogP contribution is 2.36. The van der Waals surface area contributed by atoms with Crippen molar-refractivity contribution in [1.29, 1.82) is 0 Å². The highest BCUT2D eigenvalue weighted by molar-refractivity contribution is 6.30. The van der Waals surface area contributed by atoms with Crippen molar-refractivity contribution < 1.29 is 31.9 Å². The van der Waals surface area contributed by atoms with Crippen LogP contribution in [0.2, 0.25) is 5.02 Å². The van der Waals surface area contributed by atoms with E-state index >= 15 is 0 Å². The van der Waals surface area contributed by atoms with Crippen LogP contribution in [0.15, 0.2) is 41.0 Å². The lowest BCUT2D eigenvalue weighted by Gasteiger charge is -2.14. The van der Waals surface area contributed by atoms with E-state index in [1.54, 1.807) is 0 Å². The number of hydrogen-bond acceptors (Lipinski definition) is 4. The summed E-state index contributed by atoms with van der Waals surface area (Å²) in [5.41, 5.74) is -1.59. The van der Waals surface area contributed by atoms with Crippen molar-refractivity contribution in [1.82, 2.24) is 0 Å². The number of alkyl halides is 3. The highest BCUT2D eigenvalue weighted by atomic mass is 35.5. The molecule has 1 aromatic carbocycles. The second-order valence-electron chi connectivity index (χ2n) is 4.29. The molecule has 0 aliphatic rings. The predicted octanol–water partition coefficient (Wildman–Crippen LogP) is 3.75. The molecule has 2 rings (SSSR count). The van der Waals surface area contributed by atoms with E-state index in [0.29, 0.717) is 6.07 Å². The zero-order chi connectivity index (χ0) is 17.0. The molecule has 0 atom stereocenters. The van der Waals surface area contributed by atoms with Gasteiger partial charge in [-0.2, -0.15) is 13.2 Å². The number of anilines is 1. The van der Waals surface area contributed by atoms with Crippen molar-refractivity contribution in [2.24, 2.45) is 0 Å². The third kappa shape index (κ3) is 4.49. The Labute approximate surface area is 133 Å². The highest BCUT2D eigenvalue weighted by Gasteiger charge is 2.34. The van der Waals surface area contributed by atoms with Crippen molar-refractivity contribution in [3.05, 3.63) is 52.9 Å². The van der Waals surface area contributed by atoms with Crippen LogP contribution in [-0.2, 0) is 15.7 Å². The van der Waals surface area contributed by atoms with Gasteiger partial charge in [-0.1, -0.05) is 11.6 Å². The number of furan rings is 1. The van der Waals surface area contributed by atoms with Gasteiger partial charge in [0, 0.05) is 5.02 Å². The summed E-state index contributed by atoms with van der Waals surface area (Å²) in [6.07, 6.45) is -3.46. The number of halogens is 4. The van der Waals surface area contributed by atoms with Gasteiger partial charge in [-0.3, -0.25) is 4.79 Å². The molecular weight excluding hydrogens is 339 g/mol. The molecule has 0 saturated carbocycles. The maximum absolute atomic E-state index is 12.9. The monoisotopic (exact) mass is 347 g/mol. The first-order valence-corrected chi connectivity index (χ1v) is 6.52. The minimum atomic E-state index is -4.70. The number of carbonyl (C=O) groups excluding carboxylic acids is 2. The van der Waals surface area contributed by atoms with Crippen molar-refractivity contribution in [2.75, 3.05) is 11.9 Å². The fourth-order valence-electron chi connectivity index (χ4n) is 1.64. The average molecular weight is 348 g/mol. The molecule has 23 heavy (non-hydrogen) atoms. The van der Waals surface area contributed by atoms with Gasteiger partial charge in [-0.15, -0.1) is 0 Å². The molecule has 0 fully saturated rings. The van der Waals surface area contributed by atoms with Crippen LogP contribution in [0.4, 0.5) is 18.9 Å². The molecule has 1 amide bonds. The molecule has 0 bridgehead atoms. The summed E-state index contributed by atoms with van der Waals surface area (Å²) in [5.74, 6) is -1.96. The topological polar surface area (TPSA) is 68.5 Å². The normalized spacial score (nSPS) is 11.1. The molecular formula is C14H9ClF3NO4. The lowest BCUT2D eigenvalue weighted by Crippen LogP contribution is -2.22. The third-order valence-electron chi connectivity index (χ3n) is 2.62. The van der Waals surface area contributed by atoms with Gasteiger partial charge in [-0.25, -0.2) is 4.79 Å². The minimum Gasteiger partial charge on any atom is -0.457 e. The number of benzene rings is 1. The smallest absolute Gasteiger partial charge is 0.418 e. The van der Waals surface area contributed by atoms with Crippen LogP contribution in [0.3, 0.4) is 0 Å². The molecule has 2 aromatic rings. The lowest BCUT2D eigenvalue weighted by molar-refractivity contribution is -0.137. The Bertz CT molecular complexity index is 713. The van der Waals surface area contributed by atoms with Crippen LogP contribution in [0.25, 0.3) is 0 Å². The first-order valence-electron chi connectivity index (χ1n) is 6.14. The molecule has 122 valence electrons. The second kappa shape index (κ2) is 6.74. The molecule has 0 unspecified atom stereocenters. The van der Waals surface area contributed by atoms with E-state index in [9.17, 15) is 22.8 Å². The summed E-state index contributed by atoms with van der Waals surface area (Å²) in [6, 6.07) is 5.66. The van der Waals surface area contributed by atoms with Gasteiger partial charge in [0.25, 0.3) is 5.91 Å². The average Bonchev–Trinajstić information content (AvgIpc) is 3.00. The maximum atomic E-state index is 12.9. The Morgan fingerprint density at radius 3 is 2.61 bits per heavy atom. The number of carbonyl (C=O) groups is 2. The van der Waals surface area contributed by atoms with Gasteiger partial charge in [0.1, 0.15) is 0 Å². The van der Waals surface area contributed by atoms with Gasteiger partial charge in [-0.05, 0) is 30.3 Å². The molecule has 0 radical (unpaired) electrons. The van der Waals surface area contributed by atoms with E-state index in [1.165, 1.54) is 24.5 Å². The Morgan fingerprint density at radius 2 is 2.00 bits per heavy atom. The summed E-state index contributed by atoms with van der Waals surface area (Å²) in [7, 11) is 0. The van der Waals surface area contributed by atoms with E-state index in [2.05, 4.69) is 4.74 Å². The molecule has 0 spiro atoms. The maximum Gasteiger partial charge on any atom is 0.418 e. The van der Waals surface area contributed by atoms with Gasteiger partial charge in [0.2, 0.25) is 5.76 Å². The number of amides is 1. The summed E-state index contributed by atoms with van der Waals surface area (Å²) in [4.78, 5) is 23.1. The molecule has 1 heterocycles. The molecule has 0 aliphatic heterocycles. The largest absolute Gasteiger partial charge is 0.457 e. The zero-order valence-electron chi connectivity index (χ0n) is 11.3. The number of esters is 1. The lowest BCUT2D eigenvalue weighted by atomic mass is 10.1. The van der Waals surface area contributed by atoms with Crippen LogP contribution in [0.5, 0.6) is 0 Å². The molecule has 9 heteroatoms. The fraction of sp³-hybridized carbons (Fsp3) is 0.143. The van der Waals surface area contributed by atoms with Crippen LogP contribution >= 0.6 is 11.6 Å². The fourth-order valence-corrected chi connectivity index (χ4v) is 1.82. The Balaban J connectivity index is 2.02. The van der Waals surface area contributed by atoms with Crippen molar-refractivity contribution in [2.45, 2.75) is 6.18 Å².